The Bertz CT molecular complexity index is 219. The van der Waals surface area contributed by atoms with Gasteiger partial charge in [-0.15, -0.1) is 0 Å². The van der Waals surface area contributed by atoms with Gasteiger partial charge in [-0.3, -0.25) is 4.79 Å². The molecule has 124 valence electrons. The van der Waals surface area contributed by atoms with E-state index >= 15 is 0 Å². The van der Waals surface area contributed by atoms with Crippen LogP contribution in [0.3, 0.4) is 0 Å². The summed E-state index contributed by atoms with van der Waals surface area (Å²) in [5.41, 5.74) is 0. The first-order chi connectivity index (χ1) is 10.3. The van der Waals surface area contributed by atoms with Gasteiger partial charge in [-0.2, -0.15) is 0 Å². The molecule has 0 aliphatic carbocycles. The standard InChI is InChI=1S/C18H36O2.Al.2H/c1-2-3-4-5-6-7-8-9-10-11-12-13-14-15-16-17-18(19)20;;;/h2-17H2,1H3,(H,19,20);;;/q;+1;;/p-1. The molecule has 2 nitrogen and oxygen atoms in total. The van der Waals surface area contributed by atoms with Crippen LogP contribution >= 0.6 is 0 Å². The molecule has 0 aliphatic heterocycles. The van der Waals surface area contributed by atoms with E-state index < -0.39 is 0 Å². The molecule has 0 N–H and O–H groups in total. The van der Waals surface area contributed by atoms with E-state index in [2.05, 4.69) is 6.92 Å². The Balaban J connectivity index is 2.98. The zero-order chi connectivity index (χ0) is 15.6. The summed E-state index contributed by atoms with van der Waals surface area (Å²) < 4.78 is 4.77. The quantitative estimate of drug-likeness (QED) is 0.284. The van der Waals surface area contributed by atoms with Crippen molar-refractivity contribution >= 4 is 22.6 Å². The summed E-state index contributed by atoms with van der Waals surface area (Å²) >= 11 is 0.544. The molecule has 0 spiro atoms. The van der Waals surface area contributed by atoms with Crippen LogP contribution in [0.25, 0.3) is 0 Å². The van der Waals surface area contributed by atoms with E-state index in [-0.39, 0.29) is 5.97 Å². The van der Waals surface area contributed by atoms with Gasteiger partial charge in [-0.1, -0.05) is 96.8 Å². The smallest absolute Gasteiger partial charge is 0.499 e. The second-order valence-corrected chi connectivity index (χ2v) is 6.68. The zero-order valence-electron chi connectivity index (χ0n) is 14.6. The molecule has 0 heterocycles. The third-order valence-corrected chi connectivity index (χ3v) is 4.67. The first-order valence-electron chi connectivity index (χ1n) is 9.38. The highest BCUT2D eigenvalue weighted by Crippen LogP contribution is 2.13. The van der Waals surface area contributed by atoms with Crippen LogP contribution in [-0.2, 0) is 8.58 Å². The second-order valence-electron chi connectivity index (χ2n) is 6.28. The summed E-state index contributed by atoms with van der Waals surface area (Å²) in [7, 11) is 0. The number of carbonyl (C=O) groups excluding carboxylic acids is 1. The lowest BCUT2D eigenvalue weighted by Gasteiger charge is -2.03. The zero-order valence-corrected chi connectivity index (χ0v) is 16.6. The minimum absolute atomic E-state index is 0.00337. The van der Waals surface area contributed by atoms with Crippen molar-refractivity contribution in [3.8, 4) is 0 Å². The van der Waals surface area contributed by atoms with Gasteiger partial charge in [-0.05, 0) is 6.42 Å². The molecular weight excluding hydrogens is 275 g/mol. The van der Waals surface area contributed by atoms with Gasteiger partial charge in [0, 0.05) is 6.42 Å². The average molecular weight is 312 g/mol. The number of carbonyl (C=O) groups is 1. The lowest BCUT2D eigenvalue weighted by molar-refractivity contribution is -0.134. The van der Waals surface area contributed by atoms with Gasteiger partial charge in [0.2, 0.25) is 0 Å². The van der Waals surface area contributed by atoms with Crippen molar-refractivity contribution in [3.05, 3.63) is 0 Å². The van der Waals surface area contributed by atoms with Gasteiger partial charge in [0.25, 0.3) is 5.97 Å². The van der Waals surface area contributed by atoms with E-state index in [9.17, 15) is 4.79 Å². The van der Waals surface area contributed by atoms with Gasteiger partial charge in [0.15, 0.2) is 0 Å². The highest BCUT2D eigenvalue weighted by Gasteiger charge is 1.98. The molecule has 0 bridgehead atoms. The van der Waals surface area contributed by atoms with Gasteiger partial charge < -0.3 is 3.79 Å². The van der Waals surface area contributed by atoms with E-state index in [1.54, 1.807) is 0 Å². The molecule has 0 aliphatic rings. The molecule has 3 heteroatoms. The van der Waals surface area contributed by atoms with Gasteiger partial charge in [0.05, 0.1) is 0 Å². The van der Waals surface area contributed by atoms with Crippen LogP contribution in [0, 0.1) is 0 Å². The summed E-state index contributed by atoms with van der Waals surface area (Å²) in [5.74, 6) is -0.00337. The molecule has 0 saturated heterocycles. The predicted molar refractivity (Wildman–Crippen MR) is 94.2 cm³/mol. The fraction of sp³-hybridized carbons (Fsp3) is 0.944. The first kappa shape index (κ1) is 21.0. The van der Waals surface area contributed by atoms with Crippen molar-refractivity contribution in [3.63, 3.8) is 0 Å². The molecule has 0 saturated carbocycles. The molecule has 0 amide bonds. The Labute approximate surface area is 141 Å². The Morgan fingerprint density at radius 2 is 1.00 bits per heavy atom. The number of rotatable bonds is 16. The monoisotopic (exact) mass is 312 g/mol. The minimum Gasteiger partial charge on any atom is -0.621 e. The molecule has 0 rings (SSSR count). The van der Waals surface area contributed by atoms with Crippen LogP contribution < -0.4 is 0 Å². The number of hydrogen-bond acceptors (Lipinski definition) is 2. The minimum atomic E-state index is -0.00337. The van der Waals surface area contributed by atoms with E-state index in [0.29, 0.717) is 23.0 Å². The first-order valence-corrected chi connectivity index (χ1v) is 10.2. The van der Waals surface area contributed by atoms with Crippen molar-refractivity contribution < 1.29 is 8.58 Å². The molecule has 0 aromatic carbocycles. The van der Waals surface area contributed by atoms with E-state index in [1.165, 1.54) is 89.9 Å². The number of hydrogen-bond donors (Lipinski definition) is 0. The second kappa shape index (κ2) is 18.1. The van der Waals surface area contributed by atoms with Crippen molar-refractivity contribution in [2.24, 2.45) is 0 Å². The summed E-state index contributed by atoms with van der Waals surface area (Å²) in [4.78, 5) is 11.0. The van der Waals surface area contributed by atoms with Crippen LogP contribution in [0.15, 0.2) is 0 Å². The Morgan fingerprint density at radius 1 is 0.667 bits per heavy atom. The lowest BCUT2D eigenvalue weighted by atomic mass is 10.0. The molecule has 0 aromatic heterocycles. The molecule has 0 atom stereocenters. The van der Waals surface area contributed by atoms with Crippen LogP contribution in [0.4, 0.5) is 0 Å². The van der Waals surface area contributed by atoms with E-state index in [4.69, 9.17) is 3.79 Å². The Hall–Kier alpha value is 0.00247. The summed E-state index contributed by atoms with van der Waals surface area (Å²) in [6.45, 7) is 2.28. The molecule has 0 radical (unpaired) electrons. The van der Waals surface area contributed by atoms with Crippen molar-refractivity contribution in [1.29, 1.82) is 0 Å². The van der Waals surface area contributed by atoms with E-state index in [0.717, 1.165) is 6.42 Å². The van der Waals surface area contributed by atoms with Crippen LogP contribution in [-0.4, -0.2) is 22.6 Å². The van der Waals surface area contributed by atoms with Crippen molar-refractivity contribution in [1.82, 2.24) is 0 Å². The largest absolute Gasteiger partial charge is 0.621 e. The maximum atomic E-state index is 11.0. The predicted octanol–water partition coefficient (Wildman–Crippen LogP) is 5.34. The fourth-order valence-corrected chi connectivity index (χ4v) is 2.95. The Morgan fingerprint density at radius 3 is 1.33 bits per heavy atom. The molecular formula is C18H37AlO2. The SMILES string of the molecule is CCCCCCCCCCCCCCCCCC(=O)[O][AlH2]. The molecule has 0 fully saturated rings. The highest BCUT2D eigenvalue weighted by atomic mass is 27.1. The van der Waals surface area contributed by atoms with Crippen LogP contribution in [0.1, 0.15) is 110 Å². The van der Waals surface area contributed by atoms with Gasteiger partial charge >= 0.3 is 16.6 Å². The van der Waals surface area contributed by atoms with Crippen LogP contribution in [0.2, 0.25) is 0 Å². The van der Waals surface area contributed by atoms with Gasteiger partial charge in [0.1, 0.15) is 0 Å². The summed E-state index contributed by atoms with van der Waals surface area (Å²) in [6.07, 6.45) is 21.1. The number of unbranched alkanes of at least 4 members (excludes halogenated alkanes) is 14. The fourth-order valence-electron chi connectivity index (χ4n) is 2.74. The maximum absolute atomic E-state index is 11.0. The Kier molecular flexibility index (Phi) is 18.1. The molecule has 0 aromatic rings. The maximum Gasteiger partial charge on any atom is 0.499 e. The van der Waals surface area contributed by atoms with Crippen molar-refractivity contribution in [2.75, 3.05) is 0 Å². The van der Waals surface area contributed by atoms with E-state index in [1.807, 2.05) is 0 Å². The molecule has 21 heavy (non-hydrogen) atoms. The van der Waals surface area contributed by atoms with Crippen LogP contribution in [0.5, 0.6) is 0 Å². The summed E-state index contributed by atoms with van der Waals surface area (Å²) in [6, 6.07) is 0. The average Bonchev–Trinajstić information content (AvgIpc) is 2.50. The summed E-state index contributed by atoms with van der Waals surface area (Å²) in [5, 5.41) is 0. The van der Waals surface area contributed by atoms with Crippen molar-refractivity contribution in [2.45, 2.75) is 110 Å². The molecule has 0 unspecified atom stereocenters. The van der Waals surface area contributed by atoms with Gasteiger partial charge in [-0.25, -0.2) is 0 Å². The third kappa shape index (κ3) is 18.0. The normalized spacial score (nSPS) is 10.7. The lowest BCUT2D eigenvalue weighted by Crippen LogP contribution is -2.00. The topological polar surface area (TPSA) is 26.3 Å². The third-order valence-electron chi connectivity index (χ3n) is 4.21. The highest BCUT2D eigenvalue weighted by molar-refractivity contribution is 6.05.